The van der Waals surface area contributed by atoms with Gasteiger partial charge in [-0.2, -0.15) is 18.3 Å². The van der Waals surface area contributed by atoms with Crippen LogP contribution in [0, 0.1) is 5.92 Å². The Labute approximate surface area is 162 Å². The lowest BCUT2D eigenvalue weighted by molar-refractivity contribution is -0.192. The third-order valence-corrected chi connectivity index (χ3v) is 7.14. The summed E-state index contributed by atoms with van der Waals surface area (Å²) in [5.41, 5.74) is 0. The SMILES string of the molecule is CCS(=O)(=O)N1CC[C@H]2[C@H](C[C@@H](Cn3cccn3)N2C)C1.O=C(O)C(F)(F)F. The number of alkyl halides is 3. The first-order valence-corrected chi connectivity index (χ1v) is 10.5. The first-order valence-electron chi connectivity index (χ1n) is 8.93. The van der Waals surface area contributed by atoms with Crippen LogP contribution in [-0.2, 0) is 21.4 Å². The molecule has 0 bridgehead atoms. The minimum absolute atomic E-state index is 0.205. The van der Waals surface area contributed by atoms with E-state index in [9.17, 15) is 21.6 Å². The van der Waals surface area contributed by atoms with Crippen LogP contribution in [-0.4, -0.2) is 82.6 Å². The van der Waals surface area contributed by atoms with Crippen LogP contribution in [0.3, 0.4) is 0 Å². The van der Waals surface area contributed by atoms with Gasteiger partial charge in [0.05, 0.1) is 12.3 Å². The predicted octanol–water partition coefficient (Wildman–Crippen LogP) is 1.26. The van der Waals surface area contributed by atoms with Crippen molar-refractivity contribution in [3.05, 3.63) is 18.5 Å². The van der Waals surface area contributed by atoms with E-state index in [1.54, 1.807) is 17.4 Å². The highest BCUT2D eigenvalue weighted by atomic mass is 32.2. The lowest BCUT2D eigenvalue weighted by Gasteiger charge is -2.36. The molecule has 3 atom stereocenters. The average Bonchev–Trinajstić information content (AvgIpc) is 3.23. The van der Waals surface area contributed by atoms with Crippen molar-refractivity contribution in [3.8, 4) is 0 Å². The van der Waals surface area contributed by atoms with E-state index in [4.69, 9.17) is 9.90 Å². The topological polar surface area (TPSA) is 95.7 Å². The number of halogens is 3. The van der Waals surface area contributed by atoms with E-state index >= 15 is 0 Å². The monoisotopic (exact) mass is 426 g/mol. The fourth-order valence-corrected chi connectivity index (χ4v) is 4.97. The van der Waals surface area contributed by atoms with Gasteiger partial charge in [-0.1, -0.05) is 0 Å². The van der Waals surface area contributed by atoms with Crippen LogP contribution in [0.25, 0.3) is 0 Å². The highest BCUT2D eigenvalue weighted by Crippen LogP contribution is 2.35. The highest BCUT2D eigenvalue weighted by molar-refractivity contribution is 7.89. The molecule has 0 radical (unpaired) electrons. The molecular formula is C16H25F3N4O4S. The van der Waals surface area contributed by atoms with Crippen molar-refractivity contribution in [2.75, 3.05) is 25.9 Å². The molecule has 1 aromatic heterocycles. The van der Waals surface area contributed by atoms with Gasteiger partial charge in [-0.25, -0.2) is 17.5 Å². The lowest BCUT2D eigenvalue weighted by atomic mass is 9.93. The summed E-state index contributed by atoms with van der Waals surface area (Å²) in [7, 11) is -0.878. The number of fused-ring (bicyclic) bond motifs is 1. The standard InChI is InChI=1S/C14H24N4O2S.C2HF3O2/c1-3-21(19,20)18-8-5-14-12(10-18)9-13(16(14)2)11-17-7-4-6-15-17;3-2(4,5)1(6)7/h4,6-7,12-14H,3,5,8-11H2,1-2H3;(H,6,7)/t12-,13+,14+;/m1./s1. The van der Waals surface area contributed by atoms with E-state index in [1.165, 1.54) is 0 Å². The smallest absolute Gasteiger partial charge is 0.475 e. The van der Waals surface area contributed by atoms with E-state index < -0.39 is 22.2 Å². The Morgan fingerprint density at radius 1 is 1.36 bits per heavy atom. The summed E-state index contributed by atoms with van der Waals surface area (Å²) in [6.45, 7) is 3.96. The van der Waals surface area contributed by atoms with Crippen molar-refractivity contribution in [2.24, 2.45) is 5.92 Å². The number of carboxylic acids is 1. The fraction of sp³-hybridized carbons (Fsp3) is 0.750. The van der Waals surface area contributed by atoms with Crippen molar-refractivity contribution in [1.29, 1.82) is 0 Å². The molecule has 160 valence electrons. The number of likely N-dealkylation sites (N-methyl/N-ethyl adjacent to an activating group) is 1. The van der Waals surface area contributed by atoms with Crippen LogP contribution in [0.15, 0.2) is 18.5 Å². The third-order valence-electron chi connectivity index (χ3n) is 5.29. The normalized spacial score (nSPS) is 26.4. The first-order chi connectivity index (χ1) is 13.0. The zero-order chi connectivity index (χ0) is 21.1. The Bertz CT molecular complexity index is 754. The Hall–Kier alpha value is -1.66. The molecule has 28 heavy (non-hydrogen) atoms. The van der Waals surface area contributed by atoms with Crippen molar-refractivity contribution >= 4 is 16.0 Å². The summed E-state index contributed by atoms with van der Waals surface area (Å²) >= 11 is 0. The Balaban J connectivity index is 0.000000345. The molecule has 0 aliphatic carbocycles. The fourth-order valence-electron chi connectivity index (χ4n) is 3.80. The van der Waals surface area contributed by atoms with Gasteiger partial charge >= 0.3 is 12.1 Å². The quantitative estimate of drug-likeness (QED) is 0.779. The van der Waals surface area contributed by atoms with E-state index in [1.807, 2.05) is 16.9 Å². The Morgan fingerprint density at radius 2 is 2.00 bits per heavy atom. The van der Waals surface area contributed by atoms with Crippen LogP contribution in [0.5, 0.6) is 0 Å². The molecule has 0 unspecified atom stereocenters. The second-order valence-corrected chi connectivity index (χ2v) is 9.22. The summed E-state index contributed by atoms with van der Waals surface area (Å²) in [5.74, 6) is -2.10. The number of piperidine rings is 1. The minimum atomic E-state index is -5.08. The number of rotatable bonds is 4. The number of aromatic nitrogens is 2. The molecule has 0 spiro atoms. The molecular weight excluding hydrogens is 401 g/mol. The molecule has 8 nitrogen and oxygen atoms in total. The van der Waals surface area contributed by atoms with Crippen molar-refractivity contribution < 1.29 is 31.5 Å². The molecule has 0 aromatic carbocycles. The molecule has 2 saturated heterocycles. The van der Waals surface area contributed by atoms with Crippen molar-refractivity contribution in [1.82, 2.24) is 19.0 Å². The third kappa shape index (κ3) is 5.45. The molecule has 1 aromatic rings. The van der Waals surface area contributed by atoms with Crippen molar-refractivity contribution in [3.63, 3.8) is 0 Å². The van der Waals surface area contributed by atoms with Crippen LogP contribution >= 0.6 is 0 Å². The maximum absolute atomic E-state index is 12.1. The van der Waals surface area contributed by atoms with E-state index in [2.05, 4.69) is 17.0 Å². The number of likely N-dealkylation sites (tertiary alicyclic amines) is 1. The zero-order valence-electron chi connectivity index (χ0n) is 15.7. The van der Waals surface area contributed by atoms with Gasteiger partial charge in [-0.05, 0) is 38.8 Å². The van der Waals surface area contributed by atoms with E-state index in [0.717, 1.165) is 19.4 Å². The van der Waals surface area contributed by atoms with Crippen LogP contribution in [0.4, 0.5) is 13.2 Å². The van der Waals surface area contributed by atoms with Gasteiger partial charge in [-0.3, -0.25) is 9.58 Å². The maximum atomic E-state index is 12.1. The molecule has 3 rings (SSSR count). The number of sulfonamides is 1. The number of hydrogen-bond donors (Lipinski definition) is 1. The van der Waals surface area contributed by atoms with Gasteiger partial charge in [0.15, 0.2) is 0 Å². The van der Waals surface area contributed by atoms with Gasteiger partial charge in [0.25, 0.3) is 0 Å². The lowest BCUT2D eigenvalue weighted by Crippen LogP contribution is -2.48. The number of carbonyl (C=O) groups is 1. The molecule has 12 heteroatoms. The van der Waals surface area contributed by atoms with Gasteiger partial charge in [0, 0.05) is 37.6 Å². The summed E-state index contributed by atoms with van der Waals surface area (Å²) in [4.78, 5) is 11.3. The van der Waals surface area contributed by atoms with Gasteiger partial charge < -0.3 is 5.11 Å². The number of carboxylic acid groups (broad SMARTS) is 1. The molecule has 1 N–H and O–H groups in total. The number of nitrogens with zero attached hydrogens (tertiary/aromatic N) is 4. The first kappa shape index (κ1) is 22.6. The van der Waals surface area contributed by atoms with E-state index in [0.29, 0.717) is 31.1 Å². The van der Waals surface area contributed by atoms with E-state index in [-0.39, 0.29) is 5.75 Å². The maximum Gasteiger partial charge on any atom is 0.490 e. The molecule has 0 amide bonds. The number of hydrogen-bond acceptors (Lipinski definition) is 5. The van der Waals surface area contributed by atoms with Gasteiger partial charge in [0.2, 0.25) is 10.0 Å². The largest absolute Gasteiger partial charge is 0.490 e. The summed E-state index contributed by atoms with van der Waals surface area (Å²) < 4.78 is 59.5. The Morgan fingerprint density at radius 3 is 2.50 bits per heavy atom. The van der Waals surface area contributed by atoms with Gasteiger partial charge in [-0.15, -0.1) is 0 Å². The molecule has 2 aliphatic rings. The second-order valence-electron chi connectivity index (χ2n) is 6.96. The highest BCUT2D eigenvalue weighted by Gasteiger charge is 2.44. The predicted molar refractivity (Wildman–Crippen MR) is 95.0 cm³/mol. The molecule has 3 heterocycles. The summed E-state index contributed by atoms with van der Waals surface area (Å²) in [6.07, 6.45) is 0.702. The molecule has 0 saturated carbocycles. The van der Waals surface area contributed by atoms with Crippen LogP contribution in [0.2, 0.25) is 0 Å². The van der Waals surface area contributed by atoms with Crippen LogP contribution < -0.4 is 0 Å². The molecule has 2 fully saturated rings. The van der Waals surface area contributed by atoms with Crippen LogP contribution in [0.1, 0.15) is 19.8 Å². The Kier molecular flexibility index (Phi) is 7.10. The number of aliphatic carboxylic acids is 1. The molecule has 2 aliphatic heterocycles. The zero-order valence-corrected chi connectivity index (χ0v) is 16.5. The van der Waals surface area contributed by atoms with Gasteiger partial charge in [0.1, 0.15) is 0 Å². The van der Waals surface area contributed by atoms with Crippen molar-refractivity contribution in [2.45, 2.75) is 44.6 Å². The summed E-state index contributed by atoms with van der Waals surface area (Å²) in [6, 6.07) is 2.90. The minimum Gasteiger partial charge on any atom is -0.475 e. The summed E-state index contributed by atoms with van der Waals surface area (Å²) in [5, 5.41) is 11.4. The average molecular weight is 426 g/mol. The second kappa shape index (κ2) is 8.78.